The van der Waals surface area contributed by atoms with E-state index in [4.69, 9.17) is 10.8 Å². The van der Waals surface area contributed by atoms with E-state index in [1.807, 2.05) is 18.0 Å². The van der Waals surface area contributed by atoms with Crippen LogP contribution in [0, 0.1) is 0 Å². The lowest BCUT2D eigenvalue weighted by Crippen LogP contribution is -2.24. The van der Waals surface area contributed by atoms with Crippen LogP contribution in [0.4, 0.5) is 5.82 Å². The fraction of sp³-hybridized carbons (Fsp3) is 0.500. The number of hydrogen-bond acceptors (Lipinski definition) is 5. The van der Waals surface area contributed by atoms with Gasteiger partial charge in [-0.2, -0.15) is 5.10 Å². The van der Waals surface area contributed by atoms with Crippen molar-refractivity contribution in [3.8, 4) is 0 Å². The van der Waals surface area contributed by atoms with E-state index in [9.17, 15) is 0 Å². The maximum Gasteiger partial charge on any atom is 0.155 e. The van der Waals surface area contributed by atoms with Gasteiger partial charge in [0, 0.05) is 25.7 Å². The molecule has 1 rings (SSSR count). The number of nitrogens with two attached hydrogens (primary N) is 1. The van der Waals surface area contributed by atoms with Gasteiger partial charge in [-0.25, -0.2) is 0 Å². The molecule has 72 valence electrons. The second-order valence-electron chi connectivity index (χ2n) is 2.73. The Bertz CT molecular complexity index is 266. The van der Waals surface area contributed by atoms with Crippen molar-refractivity contribution >= 4 is 5.82 Å². The number of nitrogens with zero attached hydrogens (tertiary/aromatic N) is 3. The van der Waals surface area contributed by atoms with Crippen LogP contribution in [0.2, 0.25) is 0 Å². The van der Waals surface area contributed by atoms with Crippen LogP contribution in [0.15, 0.2) is 12.3 Å². The summed E-state index contributed by atoms with van der Waals surface area (Å²) in [6.45, 7) is 1.06. The minimum Gasteiger partial charge on any atom is -0.395 e. The first-order valence-corrected chi connectivity index (χ1v) is 4.12. The minimum atomic E-state index is 0.0943. The van der Waals surface area contributed by atoms with E-state index in [1.54, 1.807) is 6.20 Å². The standard InChI is InChI=1S/C8H14N4O/c1-12(4-5-13)8-7(6-9)2-3-10-11-8/h2-3,13H,4-6,9H2,1H3. The highest BCUT2D eigenvalue weighted by Crippen LogP contribution is 2.12. The number of aromatic nitrogens is 2. The van der Waals surface area contributed by atoms with Gasteiger partial charge in [-0.1, -0.05) is 0 Å². The molecule has 13 heavy (non-hydrogen) atoms. The summed E-state index contributed by atoms with van der Waals surface area (Å²) in [5.41, 5.74) is 6.46. The topological polar surface area (TPSA) is 75.3 Å². The van der Waals surface area contributed by atoms with Gasteiger partial charge in [-0.3, -0.25) is 0 Å². The van der Waals surface area contributed by atoms with E-state index >= 15 is 0 Å². The van der Waals surface area contributed by atoms with Crippen molar-refractivity contribution in [1.29, 1.82) is 0 Å². The van der Waals surface area contributed by atoms with Gasteiger partial charge in [-0.15, -0.1) is 5.10 Å². The Hall–Kier alpha value is -1.20. The molecule has 1 heterocycles. The van der Waals surface area contributed by atoms with E-state index < -0.39 is 0 Å². The molecule has 0 saturated carbocycles. The van der Waals surface area contributed by atoms with Crippen LogP contribution >= 0.6 is 0 Å². The molecule has 0 fully saturated rings. The van der Waals surface area contributed by atoms with Crippen LogP contribution in [0.25, 0.3) is 0 Å². The summed E-state index contributed by atoms with van der Waals surface area (Å²) in [5, 5.41) is 16.5. The largest absolute Gasteiger partial charge is 0.395 e. The van der Waals surface area contributed by atoms with Gasteiger partial charge in [0.25, 0.3) is 0 Å². The van der Waals surface area contributed by atoms with Crippen LogP contribution < -0.4 is 10.6 Å². The molecule has 3 N–H and O–H groups in total. The molecule has 0 aliphatic carbocycles. The third-order valence-electron chi connectivity index (χ3n) is 1.80. The average molecular weight is 182 g/mol. The second kappa shape index (κ2) is 4.74. The zero-order chi connectivity index (χ0) is 9.68. The van der Waals surface area contributed by atoms with E-state index in [-0.39, 0.29) is 6.61 Å². The van der Waals surface area contributed by atoms with E-state index in [0.717, 1.165) is 11.4 Å². The number of anilines is 1. The van der Waals surface area contributed by atoms with Crippen molar-refractivity contribution in [2.75, 3.05) is 25.1 Å². The third kappa shape index (κ3) is 2.37. The third-order valence-corrected chi connectivity index (χ3v) is 1.80. The van der Waals surface area contributed by atoms with Crippen molar-refractivity contribution in [2.24, 2.45) is 5.73 Å². The first kappa shape index (κ1) is 9.88. The Balaban J connectivity index is 2.85. The first-order chi connectivity index (χ1) is 6.29. The highest BCUT2D eigenvalue weighted by atomic mass is 16.3. The number of likely N-dealkylation sites (N-methyl/N-ethyl adjacent to an activating group) is 1. The predicted molar refractivity (Wildman–Crippen MR) is 50.3 cm³/mol. The Morgan fingerprint density at radius 1 is 1.62 bits per heavy atom. The monoisotopic (exact) mass is 182 g/mol. The molecule has 0 amide bonds. The number of aliphatic hydroxyl groups excluding tert-OH is 1. The average Bonchev–Trinajstić information content (AvgIpc) is 2.18. The van der Waals surface area contributed by atoms with Gasteiger partial charge < -0.3 is 15.7 Å². The van der Waals surface area contributed by atoms with Crippen molar-refractivity contribution in [1.82, 2.24) is 10.2 Å². The van der Waals surface area contributed by atoms with Crippen LogP contribution in [-0.4, -0.2) is 35.5 Å². The molecular formula is C8H14N4O. The Labute approximate surface area is 77.2 Å². The van der Waals surface area contributed by atoms with E-state index in [2.05, 4.69) is 10.2 Å². The molecule has 0 aliphatic heterocycles. The molecule has 1 aromatic rings. The molecule has 5 heteroatoms. The van der Waals surface area contributed by atoms with Gasteiger partial charge >= 0.3 is 0 Å². The van der Waals surface area contributed by atoms with E-state index in [0.29, 0.717) is 13.1 Å². The van der Waals surface area contributed by atoms with Gasteiger partial charge in [-0.05, 0) is 6.07 Å². The SMILES string of the molecule is CN(CCO)c1nnccc1CN. The normalized spacial score (nSPS) is 10.1. The Morgan fingerprint density at radius 3 is 3.00 bits per heavy atom. The first-order valence-electron chi connectivity index (χ1n) is 4.12. The number of rotatable bonds is 4. The summed E-state index contributed by atoms with van der Waals surface area (Å²) >= 11 is 0. The summed E-state index contributed by atoms with van der Waals surface area (Å²) in [4.78, 5) is 1.83. The van der Waals surface area contributed by atoms with Crippen molar-refractivity contribution in [3.63, 3.8) is 0 Å². The van der Waals surface area contributed by atoms with Gasteiger partial charge in [0.2, 0.25) is 0 Å². The maximum atomic E-state index is 8.74. The molecular weight excluding hydrogens is 168 g/mol. The second-order valence-corrected chi connectivity index (χ2v) is 2.73. The van der Waals surface area contributed by atoms with E-state index in [1.165, 1.54) is 0 Å². The lowest BCUT2D eigenvalue weighted by molar-refractivity contribution is 0.303. The molecule has 0 unspecified atom stereocenters. The summed E-state index contributed by atoms with van der Waals surface area (Å²) in [7, 11) is 1.85. The molecule has 0 spiro atoms. The summed E-state index contributed by atoms with van der Waals surface area (Å²) in [6, 6.07) is 1.83. The molecule has 1 aromatic heterocycles. The quantitative estimate of drug-likeness (QED) is 0.648. The molecule has 0 atom stereocenters. The fourth-order valence-corrected chi connectivity index (χ4v) is 1.09. The molecule has 0 radical (unpaired) electrons. The molecule has 5 nitrogen and oxygen atoms in total. The summed E-state index contributed by atoms with van der Waals surface area (Å²) < 4.78 is 0. The lowest BCUT2D eigenvalue weighted by atomic mass is 10.2. The summed E-state index contributed by atoms with van der Waals surface area (Å²) in [6.07, 6.45) is 1.61. The van der Waals surface area contributed by atoms with Gasteiger partial charge in [0.15, 0.2) is 5.82 Å². The van der Waals surface area contributed by atoms with Crippen LogP contribution in [0.3, 0.4) is 0 Å². The number of hydrogen-bond donors (Lipinski definition) is 2. The molecule has 0 aromatic carbocycles. The van der Waals surface area contributed by atoms with Gasteiger partial charge in [0.1, 0.15) is 0 Å². The Kier molecular flexibility index (Phi) is 3.60. The predicted octanol–water partition coefficient (Wildman–Crippen LogP) is -0.636. The van der Waals surface area contributed by atoms with Crippen molar-refractivity contribution < 1.29 is 5.11 Å². The van der Waals surface area contributed by atoms with Crippen LogP contribution in [0.5, 0.6) is 0 Å². The number of aliphatic hydroxyl groups is 1. The molecule has 0 bridgehead atoms. The van der Waals surface area contributed by atoms with Crippen LogP contribution in [-0.2, 0) is 6.54 Å². The molecule has 0 aliphatic rings. The Morgan fingerprint density at radius 2 is 2.38 bits per heavy atom. The maximum absolute atomic E-state index is 8.74. The van der Waals surface area contributed by atoms with Gasteiger partial charge in [0.05, 0.1) is 12.8 Å². The van der Waals surface area contributed by atoms with Crippen LogP contribution in [0.1, 0.15) is 5.56 Å². The zero-order valence-corrected chi connectivity index (χ0v) is 7.64. The zero-order valence-electron chi connectivity index (χ0n) is 7.64. The summed E-state index contributed by atoms with van der Waals surface area (Å²) in [5.74, 6) is 0.735. The smallest absolute Gasteiger partial charge is 0.155 e. The minimum absolute atomic E-state index is 0.0943. The molecule has 0 saturated heterocycles. The van der Waals surface area contributed by atoms with Crippen molar-refractivity contribution in [3.05, 3.63) is 17.8 Å². The highest BCUT2D eigenvalue weighted by Gasteiger charge is 2.06. The lowest BCUT2D eigenvalue weighted by Gasteiger charge is -2.18. The highest BCUT2D eigenvalue weighted by molar-refractivity contribution is 5.44. The fourth-order valence-electron chi connectivity index (χ4n) is 1.09. The van der Waals surface area contributed by atoms with Crippen molar-refractivity contribution in [2.45, 2.75) is 6.54 Å².